The molecule has 1 aliphatic rings. The molecule has 6 nitrogen and oxygen atoms in total. The second-order valence-corrected chi connectivity index (χ2v) is 8.97. The first-order valence-corrected chi connectivity index (χ1v) is 12.3. The third kappa shape index (κ3) is 6.15. The van der Waals surface area contributed by atoms with Gasteiger partial charge < -0.3 is 14.5 Å². The second-order valence-electron chi connectivity index (χ2n) is 8.97. The molecule has 0 atom stereocenters. The minimum atomic E-state index is -0.248. The summed E-state index contributed by atoms with van der Waals surface area (Å²) in [5.41, 5.74) is 3.45. The van der Waals surface area contributed by atoms with Crippen molar-refractivity contribution in [3.63, 3.8) is 0 Å². The molecule has 2 aromatic carbocycles. The fourth-order valence-corrected chi connectivity index (χ4v) is 4.37. The largest absolute Gasteiger partial charge is 0.494 e. The average molecular weight is 477 g/mol. The second kappa shape index (κ2) is 11.3. The Labute approximate surface area is 206 Å². The number of amides is 1. The Kier molecular flexibility index (Phi) is 7.95. The Morgan fingerprint density at radius 1 is 1.03 bits per heavy atom. The predicted octanol–water partition coefficient (Wildman–Crippen LogP) is 4.96. The number of ether oxygens (including phenoxy) is 1. The van der Waals surface area contributed by atoms with E-state index >= 15 is 0 Å². The molecule has 7 heteroatoms. The van der Waals surface area contributed by atoms with Gasteiger partial charge in [0.15, 0.2) is 0 Å². The number of benzene rings is 2. The smallest absolute Gasteiger partial charge is 0.253 e. The van der Waals surface area contributed by atoms with Gasteiger partial charge in [-0.1, -0.05) is 25.5 Å². The van der Waals surface area contributed by atoms with Crippen LogP contribution in [0.3, 0.4) is 0 Å². The zero-order valence-electron chi connectivity index (χ0n) is 20.8. The van der Waals surface area contributed by atoms with Gasteiger partial charge in [-0.25, -0.2) is 14.4 Å². The number of halogens is 1. The number of piperazine rings is 1. The van der Waals surface area contributed by atoms with Crippen molar-refractivity contribution < 1.29 is 13.9 Å². The lowest BCUT2D eigenvalue weighted by Gasteiger charge is -2.36. The molecule has 0 radical (unpaired) electrons. The normalized spacial score (nSPS) is 13.7. The van der Waals surface area contributed by atoms with Crippen molar-refractivity contribution in [2.75, 3.05) is 37.7 Å². The number of aromatic nitrogens is 2. The average Bonchev–Trinajstić information content (AvgIpc) is 2.86. The number of carbonyl (C=O) groups excluding carboxylic acids is 1. The molecule has 35 heavy (non-hydrogen) atoms. The monoisotopic (exact) mass is 476 g/mol. The van der Waals surface area contributed by atoms with Crippen molar-refractivity contribution >= 4 is 11.7 Å². The van der Waals surface area contributed by atoms with Crippen molar-refractivity contribution in [2.45, 2.75) is 40.0 Å². The van der Waals surface area contributed by atoms with Gasteiger partial charge in [0.05, 0.1) is 6.61 Å². The van der Waals surface area contributed by atoms with Crippen LogP contribution in [0, 0.1) is 19.7 Å². The summed E-state index contributed by atoms with van der Waals surface area (Å²) in [6, 6.07) is 14.1. The highest BCUT2D eigenvalue weighted by Gasteiger charge is 2.25. The molecule has 2 heterocycles. The van der Waals surface area contributed by atoms with Crippen LogP contribution in [0.2, 0.25) is 0 Å². The van der Waals surface area contributed by atoms with Gasteiger partial charge in [0.25, 0.3) is 5.91 Å². The lowest BCUT2D eigenvalue weighted by atomic mass is 10.0. The van der Waals surface area contributed by atoms with Crippen molar-refractivity contribution in [2.24, 2.45) is 0 Å². The van der Waals surface area contributed by atoms with Crippen LogP contribution in [0.25, 0.3) is 0 Å². The van der Waals surface area contributed by atoms with Crippen LogP contribution in [0.15, 0.2) is 48.5 Å². The summed E-state index contributed by atoms with van der Waals surface area (Å²) in [6.07, 6.45) is 2.66. The first-order valence-electron chi connectivity index (χ1n) is 12.3. The molecule has 1 aliphatic heterocycles. The summed E-state index contributed by atoms with van der Waals surface area (Å²) >= 11 is 0. The van der Waals surface area contributed by atoms with Gasteiger partial charge in [-0.2, -0.15) is 0 Å². The van der Waals surface area contributed by atoms with E-state index in [4.69, 9.17) is 9.72 Å². The van der Waals surface area contributed by atoms with Gasteiger partial charge in [0.2, 0.25) is 0 Å². The van der Waals surface area contributed by atoms with Crippen LogP contribution in [-0.4, -0.2) is 53.6 Å². The number of unbranched alkanes of at least 4 members (excludes halogenated alkanes) is 1. The Balaban J connectivity index is 1.43. The quantitative estimate of drug-likeness (QED) is 0.430. The first kappa shape index (κ1) is 24.6. The molecule has 1 saturated heterocycles. The Bertz CT molecular complexity index is 1160. The number of aryl methyl sites for hydroxylation is 2. The van der Waals surface area contributed by atoms with Crippen molar-refractivity contribution in [3.8, 4) is 5.75 Å². The van der Waals surface area contributed by atoms with E-state index in [2.05, 4.69) is 16.8 Å². The van der Waals surface area contributed by atoms with E-state index in [0.717, 1.165) is 41.2 Å². The van der Waals surface area contributed by atoms with Gasteiger partial charge in [0, 0.05) is 49.4 Å². The standard InChI is InChI=1S/C28H33FN4O2/c1-4-5-17-35-25-11-9-23(10-12-25)28(34)33-15-13-32(14-16-33)27-26(20(2)30-21(3)31-27)19-22-7-6-8-24(29)18-22/h6-12,18H,4-5,13-17,19H2,1-3H3. The van der Waals surface area contributed by atoms with Crippen LogP contribution in [0.4, 0.5) is 10.2 Å². The number of carbonyl (C=O) groups is 1. The van der Waals surface area contributed by atoms with E-state index in [-0.39, 0.29) is 11.7 Å². The fraction of sp³-hybridized carbons (Fsp3) is 0.393. The van der Waals surface area contributed by atoms with Crippen molar-refractivity contribution in [1.82, 2.24) is 14.9 Å². The molecular formula is C28H33FN4O2. The van der Waals surface area contributed by atoms with Crippen molar-refractivity contribution in [1.29, 1.82) is 0 Å². The summed E-state index contributed by atoms with van der Waals surface area (Å²) in [4.78, 5) is 26.5. The topological polar surface area (TPSA) is 58.6 Å². The highest BCUT2D eigenvalue weighted by molar-refractivity contribution is 5.94. The van der Waals surface area contributed by atoms with E-state index in [0.29, 0.717) is 50.6 Å². The highest BCUT2D eigenvalue weighted by atomic mass is 19.1. The zero-order chi connectivity index (χ0) is 24.8. The maximum atomic E-state index is 13.8. The molecule has 184 valence electrons. The van der Waals surface area contributed by atoms with Crippen LogP contribution < -0.4 is 9.64 Å². The summed E-state index contributed by atoms with van der Waals surface area (Å²) < 4.78 is 19.5. The molecule has 0 N–H and O–H groups in total. The lowest BCUT2D eigenvalue weighted by Crippen LogP contribution is -2.49. The van der Waals surface area contributed by atoms with Crippen LogP contribution in [0.5, 0.6) is 5.75 Å². The molecule has 3 aromatic rings. The number of hydrogen-bond acceptors (Lipinski definition) is 5. The van der Waals surface area contributed by atoms with E-state index in [9.17, 15) is 9.18 Å². The lowest BCUT2D eigenvalue weighted by molar-refractivity contribution is 0.0746. The molecular weight excluding hydrogens is 443 g/mol. The Morgan fingerprint density at radius 2 is 1.77 bits per heavy atom. The molecule has 1 aromatic heterocycles. The van der Waals surface area contributed by atoms with Gasteiger partial charge in [-0.05, 0) is 62.2 Å². The maximum absolute atomic E-state index is 13.8. The fourth-order valence-electron chi connectivity index (χ4n) is 4.37. The minimum absolute atomic E-state index is 0.0276. The van der Waals surface area contributed by atoms with Crippen LogP contribution >= 0.6 is 0 Å². The molecule has 1 fully saturated rings. The maximum Gasteiger partial charge on any atom is 0.253 e. The number of nitrogens with zero attached hydrogens (tertiary/aromatic N) is 4. The van der Waals surface area contributed by atoms with Gasteiger partial charge in [-0.3, -0.25) is 4.79 Å². The third-order valence-electron chi connectivity index (χ3n) is 6.31. The van der Waals surface area contributed by atoms with Gasteiger partial charge >= 0.3 is 0 Å². The molecule has 0 unspecified atom stereocenters. The van der Waals surface area contributed by atoms with Gasteiger partial charge in [0.1, 0.15) is 23.2 Å². The molecule has 0 spiro atoms. The van der Waals surface area contributed by atoms with E-state index in [1.165, 1.54) is 6.07 Å². The van der Waals surface area contributed by atoms with Crippen LogP contribution in [0.1, 0.15) is 52.8 Å². The summed E-state index contributed by atoms with van der Waals surface area (Å²) in [5.74, 6) is 2.16. The predicted molar refractivity (Wildman–Crippen MR) is 136 cm³/mol. The van der Waals surface area contributed by atoms with E-state index in [1.807, 2.05) is 49.1 Å². The summed E-state index contributed by atoms with van der Waals surface area (Å²) in [6.45, 7) is 9.24. The Hall–Kier alpha value is -3.48. The number of rotatable bonds is 8. The first-order chi connectivity index (χ1) is 16.9. The Morgan fingerprint density at radius 3 is 2.46 bits per heavy atom. The molecule has 0 aliphatic carbocycles. The minimum Gasteiger partial charge on any atom is -0.494 e. The number of hydrogen-bond donors (Lipinski definition) is 0. The molecule has 0 saturated carbocycles. The zero-order valence-corrected chi connectivity index (χ0v) is 20.8. The summed E-state index contributed by atoms with van der Waals surface area (Å²) in [5, 5.41) is 0. The number of anilines is 1. The van der Waals surface area contributed by atoms with E-state index in [1.54, 1.807) is 12.1 Å². The molecule has 0 bridgehead atoms. The van der Waals surface area contributed by atoms with E-state index < -0.39 is 0 Å². The SMILES string of the molecule is CCCCOc1ccc(C(=O)N2CCN(c3nc(C)nc(C)c3Cc3cccc(F)c3)CC2)cc1. The molecule has 4 rings (SSSR count). The third-order valence-corrected chi connectivity index (χ3v) is 6.31. The van der Waals surface area contributed by atoms with Crippen molar-refractivity contribution in [3.05, 3.63) is 82.6 Å². The van der Waals surface area contributed by atoms with Gasteiger partial charge in [-0.15, -0.1) is 0 Å². The highest BCUT2D eigenvalue weighted by Crippen LogP contribution is 2.26. The molecule has 1 amide bonds. The summed E-state index contributed by atoms with van der Waals surface area (Å²) in [7, 11) is 0. The van der Waals surface area contributed by atoms with Crippen LogP contribution in [-0.2, 0) is 6.42 Å².